The van der Waals surface area contributed by atoms with E-state index < -0.39 is 0 Å². The van der Waals surface area contributed by atoms with E-state index in [1.807, 2.05) is 12.1 Å². The third-order valence-corrected chi connectivity index (χ3v) is 2.59. The lowest BCUT2D eigenvalue weighted by atomic mass is 10.2. The molecule has 2 N–H and O–H groups in total. The molecule has 0 bridgehead atoms. The summed E-state index contributed by atoms with van der Waals surface area (Å²) in [6.45, 7) is 0.297. The Morgan fingerprint density at radius 2 is 2.10 bits per heavy atom. The van der Waals surface area contributed by atoms with Crippen LogP contribution in [-0.4, -0.2) is 28.1 Å². The van der Waals surface area contributed by atoms with Crippen LogP contribution < -0.4 is 10.5 Å². The Balaban J connectivity index is 0.00000200. The molecule has 1 aromatic heterocycles. The first-order valence-electron chi connectivity index (χ1n) is 5.80. The predicted octanol–water partition coefficient (Wildman–Crippen LogP) is 2.09. The van der Waals surface area contributed by atoms with Gasteiger partial charge in [0.05, 0.1) is 12.5 Å². The summed E-state index contributed by atoms with van der Waals surface area (Å²) in [7, 11) is 1.76. The highest BCUT2D eigenvalue weighted by molar-refractivity contribution is 5.85. The van der Waals surface area contributed by atoms with E-state index in [1.165, 1.54) is 4.80 Å². The molecule has 108 valence electrons. The van der Waals surface area contributed by atoms with Crippen molar-refractivity contribution in [2.75, 3.05) is 13.2 Å². The summed E-state index contributed by atoms with van der Waals surface area (Å²) >= 11 is 0. The average Bonchev–Trinajstić information content (AvgIpc) is 2.87. The van der Waals surface area contributed by atoms with Crippen molar-refractivity contribution in [1.82, 2.24) is 15.0 Å². The first-order chi connectivity index (χ1) is 9.22. The minimum atomic E-state index is 0. The number of ether oxygens (including phenoxy) is 1. The van der Waals surface area contributed by atoms with Crippen LogP contribution in [0.2, 0.25) is 0 Å². The minimum Gasteiger partial charge on any atom is -0.489 e. The summed E-state index contributed by atoms with van der Waals surface area (Å²) in [5, 5.41) is 8.21. The van der Waals surface area contributed by atoms with Crippen molar-refractivity contribution in [2.45, 2.75) is 0 Å². The molecule has 1 heterocycles. The summed E-state index contributed by atoms with van der Waals surface area (Å²) in [6, 6.07) is 7.36. The first-order valence-corrected chi connectivity index (χ1v) is 5.80. The third-order valence-electron chi connectivity index (χ3n) is 2.59. The van der Waals surface area contributed by atoms with E-state index in [0.29, 0.717) is 17.7 Å². The molecular weight excluding hydrogens is 283 g/mol. The van der Waals surface area contributed by atoms with Gasteiger partial charge >= 0.3 is 0 Å². The number of hydrogen-bond acceptors (Lipinski definition) is 4. The van der Waals surface area contributed by atoms with Gasteiger partial charge in [-0.1, -0.05) is 0 Å². The van der Waals surface area contributed by atoms with Crippen LogP contribution in [0.1, 0.15) is 0 Å². The number of benzene rings is 1. The maximum absolute atomic E-state index is 12.3. The first kappa shape index (κ1) is 16.1. The summed E-state index contributed by atoms with van der Waals surface area (Å²) < 4.78 is 17.7. The molecule has 0 unspecified atom stereocenters. The van der Waals surface area contributed by atoms with E-state index in [0.717, 1.165) is 11.3 Å². The topological polar surface area (TPSA) is 66.0 Å². The van der Waals surface area contributed by atoms with Crippen molar-refractivity contribution in [1.29, 1.82) is 0 Å². The van der Waals surface area contributed by atoms with Gasteiger partial charge in [-0.05, 0) is 24.3 Å². The Kier molecular flexibility index (Phi) is 6.14. The lowest BCUT2D eigenvalue weighted by Gasteiger charge is -2.07. The molecule has 0 atom stereocenters. The van der Waals surface area contributed by atoms with Crippen molar-refractivity contribution < 1.29 is 9.13 Å². The SMILES string of the molecule is Cl.Cn1ncc(-c2ccc(OC/C(=C/F)CN)cc2)n1. The van der Waals surface area contributed by atoms with E-state index in [4.69, 9.17) is 10.5 Å². The number of hydrogen-bond donors (Lipinski definition) is 1. The van der Waals surface area contributed by atoms with Crippen molar-refractivity contribution >= 4 is 12.4 Å². The van der Waals surface area contributed by atoms with Gasteiger partial charge in [0.25, 0.3) is 0 Å². The smallest absolute Gasteiger partial charge is 0.119 e. The van der Waals surface area contributed by atoms with E-state index >= 15 is 0 Å². The van der Waals surface area contributed by atoms with Crippen LogP contribution in [-0.2, 0) is 7.05 Å². The third kappa shape index (κ3) is 4.04. The Morgan fingerprint density at radius 3 is 2.60 bits per heavy atom. The summed E-state index contributed by atoms with van der Waals surface area (Å²) in [6.07, 6.45) is 2.17. The number of aryl methyl sites for hydroxylation is 1. The fourth-order valence-electron chi connectivity index (χ4n) is 1.51. The molecule has 2 rings (SSSR count). The Hall–Kier alpha value is -1.92. The standard InChI is InChI=1S/C13H15FN4O.ClH/c1-18-16-8-13(17-18)11-2-4-12(5-3-11)19-9-10(6-14)7-15;/h2-6,8H,7,9,15H2,1H3;1H/b10-6+;. The second-order valence-electron chi connectivity index (χ2n) is 4.00. The van der Waals surface area contributed by atoms with Gasteiger partial charge in [0.15, 0.2) is 0 Å². The summed E-state index contributed by atoms with van der Waals surface area (Å²) in [5.41, 5.74) is 7.50. The number of nitrogens with two attached hydrogens (primary N) is 1. The van der Waals surface area contributed by atoms with Crippen molar-refractivity contribution in [3.63, 3.8) is 0 Å². The molecule has 0 radical (unpaired) electrons. The van der Waals surface area contributed by atoms with E-state index in [-0.39, 0.29) is 25.6 Å². The van der Waals surface area contributed by atoms with Gasteiger partial charge in [-0.2, -0.15) is 15.0 Å². The lowest BCUT2D eigenvalue weighted by Crippen LogP contribution is -2.10. The molecule has 0 fully saturated rings. The normalized spacial score (nSPS) is 11.1. The minimum absolute atomic E-state index is 0. The molecule has 2 aromatic rings. The number of halogens is 2. The summed E-state index contributed by atoms with van der Waals surface area (Å²) in [5.74, 6) is 0.653. The van der Waals surface area contributed by atoms with Crippen LogP contribution in [0.5, 0.6) is 5.75 Å². The van der Waals surface area contributed by atoms with Gasteiger partial charge in [0.2, 0.25) is 0 Å². The van der Waals surface area contributed by atoms with Crippen LogP contribution in [0.15, 0.2) is 42.4 Å². The zero-order chi connectivity index (χ0) is 13.7. The monoisotopic (exact) mass is 298 g/mol. The van der Waals surface area contributed by atoms with Gasteiger partial charge in [-0.25, -0.2) is 4.39 Å². The highest BCUT2D eigenvalue weighted by atomic mass is 35.5. The van der Waals surface area contributed by atoms with Crippen LogP contribution in [0, 0.1) is 0 Å². The van der Waals surface area contributed by atoms with Gasteiger partial charge in [-0.3, -0.25) is 0 Å². The van der Waals surface area contributed by atoms with Crippen LogP contribution in [0.3, 0.4) is 0 Å². The van der Waals surface area contributed by atoms with Crippen molar-refractivity contribution in [3.05, 3.63) is 42.4 Å². The molecule has 0 aliphatic rings. The Morgan fingerprint density at radius 1 is 1.40 bits per heavy atom. The molecule has 1 aromatic carbocycles. The lowest BCUT2D eigenvalue weighted by molar-refractivity contribution is 0.347. The van der Waals surface area contributed by atoms with E-state index in [1.54, 1.807) is 25.4 Å². The Bertz CT molecular complexity index is 568. The number of rotatable bonds is 5. The average molecular weight is 299 g/mol. The maximum Gasteiger partial charge on any atom is 0.119 e. The highest BCUT2D eigenvalue weighted by Gasteiger charge is 2.03. The zero-order valence-corrected chi connectivity index (χ0v) is 11.8. The quantitative estimate of drug-likeness (QED) is 0.918. The fraction of sp³-hybridized carbons (Fsp3) is 0.231. The second-order valence-corrected chi connectivity index (χ2v) is 4.00. The van der Waals surface area contributed by atoms with Gasteiger partial charge in [-0.15, -0.1) is 12.4 Å². The molecule has 5 nitrogen and oxygen atoms in total. The van der Waals surface area contributed by atoms with Gasteiger partial charge < -0.3 is 10.5 Å². The second kappa shape index (κ2) is 7.62. The molecule has 20 heavy (non-hydrogen) atoms. The summed E-state index contributed by atoms with van der Waals surface area (Å²) in [4.78, 5) is 1.50. The van der Waals surface area contributed by atoms with E-state index in [9.17, 15) is 4.39 Å². The molecular formula is C13H16ClFN4O. The molecule has 0 saturated carbocycles. The van der Waals surface area contributed by atoms with Gasteiger partial charge in [0, 0.05) is 24.7 Å². The Labute approximate surface area is 122 Å². The van der Waals surface area contributed by atoms with Crippen LogP contribution in [0.25, 0.3) is 11.3 Å². The molecule has 0 saturated heterocycles. The molecule has 0 spiro atoms. The largest absolute Gasteiger partial charge is 0.489 e. The van der Waals surface area contributed by atoms with Crippen molar-refractivity contribution in [2.24, 2.45) is 12.8 Å². The molecule has 0 aliphatic heterocycles. The van der Waals surface area contributed by atoms with E-state index in [2.05, 4.69) is 10.2 Å². The molecule has 0 aliphatic carbocycles. The molecule has 7 heteroatoms. The van der Waals surface area contributed by atoms with Crippen LogP contribution in [0.4, 0.5) is 4.39 Å². The van der Waals surface area contributed by atoms with Gasteiger partial charge in [0.1, 0.15) is 18.1 Å². The predicted molar refractivity (Wildman–Crippen MR) is 77.4 cm³/mol. The fourth-order valence-corrected chi connectivity index (χ4v) is 1.51. The zero-order valence-electron chi connectivity index (χ0n) is 11.0. The number of nitrogens with zero attached hydrogens (tertiary/aromatic N) is 3. The highest BCUT2D eigenvalue weighted by Crippen LogP contribution is 2.20. The molecule has 0 amide bonds. The van der Waals surface area contributed by atoms with Crippen LogP contribution >= 0.6 is 12.4 Å². The maximum atomic E-state index is 12.3. The number of aromatic nitrogens is 3. The van der Waals surface area contributed by atoms with Crippen molar-refractivity contribution in [3.8, 4) is 17.0 Å².